The quantitative estimate of drug-likeness (QED) is 0.310. The minimum absolute atomic E-state index is 0.181. The number of carbonyl (C=O) groups excluding carboxylic acids is 1. The summed E-state index contributed by atoms with van der Waals surface area (Å²) in [5, 5.41) is 6.39. The van der Waals surface area contributed by atoms with Gasteiger partial charge in [0.05, 0.1) is 27.3 Å². The van der Waals surface area contributed by atoms with Crippen molar-refractivity contribution in [2.75, 3.05) is 5.32 Å². The topological polar surface area (TPSA) is 54.9 Å². The number of pyridine rings is 1. The lowest BCUT2D eigenvalue weighted by atomic mass is 10.0. The number of anilines is 1. The summed E-state index contributed by atoms with van der Waals surface area (Å²) >= 11 is 3.11. The molecule has 0 aliphatic carbocycles. The van der Waals surface area contributed by atoms with Gasteiger partial charge in [-0.3, -0.25) is 10.1 Å². The van der Waals surface area contributed by atoms with Crippen LogP contribution in [0.3, 0.4) is 0 Å². The van der Waals surface area contributed by atoms with Gasteiger partial charge in [-0.2, -0.15) is 0 Å². The minimum Gasteiger partial charge on any atom is -0.298 e. The first-order chi connectivity index (χ1) is 15.5. The van der Waals surface area contributed by atoms with E-state index in [-0.39, 0.29) is 5.91 Å². The van der Waals surface area contributed by atoms with Gasteiger partial charge in [0, 0.05) is 21.2 Å². The van der Waals surface area contributed by atoms with E-state index in [0.717, 1.165) is 32.7 Å². The Morgan fingerprint density at radius 3 is 2.53 bits per heavy atom. The standard InChI is InChI=1S/C26H21N3OS2/c1-15-8-10-18(16(2)12-15)23-14-31-26(28-23)29-25(30)20-13-22(24-11-9-17(3)32-24)27-21-7-5-4-6-19(20)21/h4-14H,1-3H3,(H,28,29,30). The van der Waals surface area contributed by atoms with Gasteiger partial charge in [0.2, 0.25) is 0 Å². The van der Waals surface area contributed by atoms with Crippen LogP contribution in [0.5, 0.6) is 0 Å². The fraction of sp³-hybridized carbons (Fsp3) is 0.115. The van der Waals surface area contributed by atoms with E-state index in [0.29, 0.717) is 10.7 Å². The molecule has 0 fully saturated rings. The summed E-state index contributed by atoms with van der Waals surface area (Å²) in [6.45, 7) is 6.23. The Bertz CT molecular complexity index is 1470. The summed E-state index contributed by atoms with van der Waals surface area (Å²) in [5.74, 6) is -0.181. The summed E-state index contributed by atoms with van der Waals surface area (Å²) in [5.41, 5.74) is 6.55. The monoisotopic (exact) mass is 455 g/mol. The zero-order valence-electron chi connectivity index (χ0n) is 18.0. The predicted molar refractivity (Wildman–Crippen MR) is 135 cm³/mol. The molecule has 5 rings (SSSR count). The Balaban J connectivity index is 1.49. The number of thiophene rings is 1. The molecule has 3 heterocycles. The van der Waals surface area contributed by atoms with Crippen molar-refractivity contribution >= 4 is 44.6 Å². The molecule has 5 aromatic rings. The lowest BCUT2D eigenvalue weighted by molar-refractivity contribution is 0.102. The second-order valence-electron chi connectivity index (χ2n) is 7.79. The summed E-state index contributed by atoms with van der Waals surface area (Å²) in [6.07, 6.45) is 0. The van der Waals surface area contributed by atoms with Gasteiger partial charge in [-0.1, -0.05) is 42.0 Å². The third-order valence-electron chi connectivity index (χ3n) is 5.34. The number of amides is 1. The van der Waals surface area contributed by atoms with Crippen LogP contribution in [-0.2, 0) is 0 Å². The second kappa shape index (κ2) is 8.30. The molecule has 32 heavy (non-hydrogen) atoms. The van der Waals surface area contributed by atoms with Gasteiger partial charge in [0.15, 0.2) is 5.13 Å². The van der Waals surface area contributed by atoms with Crippen LogP contribution >= 0.6 is 22.7 Å². The lowest BCUT2D eigenvalue weighted by Gasteiger charge is -2.09. The highest BCUT2D eigenvalue weighted by Gasteiger charge is 2.17. The molecule has 0 saturated heterocycles. The minimum atomic E-state index is -0.181. The van der Waals surface area contributed by atoms with Gasteiger partial charge >= 0.3 is 0 Å². The van der Waals surface area contributed by atoms with E-state index in [2.05, 4.69) is 61.4 Å². The molecule has 0 radical (unpaired) electrons. The van der Waals surface area contributed by atoms with Crippen molar-refractivity contribution in [1.82, 2.24) is 9.97 Å². The van der Waals surface area contributed by atoms with Crippen molar-refractivity contribution in [1.29, 1.82) is 0 Å². The van der Waals surface area contributed by atoms with E-state index in [1.54, 1.807) is 11.3 Å². The van der Waals surface area contributed by atoms with Crippen LogP contribution in [0.1, 0.15) is 26.4 Å². The maximum Gasteiger partial charge on any atom is 0.258 e. The van der Waals surface area contributed by atoms with Gasteiger partial charge in [-0.05, 0) is 50.6 Å². The molecule has 0 aliphatic rings. The van der Waals surface area contributed by atoms with E-state index in [9.17, 15) is 4.79 Å². The number of nitrogens with one attached hydrogen (secondary N) is 1. The molecule has 1 amide bonds. The van der Waals surface area contributed by atoms with Crippen molar-refractivity contribution in [3.63, 3.8) is 0 Å². The molecule has 0 atom stereocenters. The van der Waals surface area contributed by atoms with Crippen molar-refractivity contribution in [2.45, 2.75) is 20.8 Å². The molecular weight excluding hydrogens is 434 g/mol. The van der Waals surface area contributed by atoms with Crippen LogP contribution in [-0.4, -0.2) is 15.9 Å². The van der Waals surface area contributed by atoms with Crippen molar-refractivity contribution < 1.29 is 4.79 Å². The maximum atomic E-state index is 13.3. The van der Waals surface area contributed by atoms with E-state index in [4.69, 9.17) is 4.98 Å². The SMILES string of the molecule is Cc1ccc(-c2csc(NC(=O)c3cc(-c4ccc(C)s4)nc4ccccc34)n2)c(C)c1. The van der Waals surface area contributed by atoms with Gasteiger partial charge in [0.25, 0.3) is 5.91 Å². The lowest BCUT2D eigenvalue weighted by Crippen LogP contribution is -2.13. The summed E-state index contributed by atoms with van der Waals surface area (Å²) in [7, 11) is 0. The Morgan fingerprint density at radius 1 is 0.906 bits per heavy atom. The second-order valence-corrected chi connectivity index (χ2v) is 9.94. The molecule has 4 nitrogen and oxygen atoms in total. The fourth-order valence-corrected chi connectivity index (χ4v) is 5.32. The van der Waals surface area contributed by atoms with Gasteiger partial charge in [0.1, 0.15) is 0 Å². The first kappa shape index (κ1) is 20.5. The molecule has 158 valence electrons. The largest absolute Gasteiger partial charge is 0.298 e. The molecule has 1 N–H and O–H groups in total. The van der Waals surface area contributed by atoms with Crippen LogP contribution in [0.2, 0.25) is 0 Å². The highest BCUT2D eigenvalue weighted by molar-refractivity contribution is 7.15. The van der Waals surface area contributed by atoms with Crippen molar-refractivity contribution in [2.24, 2.45) is 0 Å². The Morgan fingerprint density at radius 2 is 1.75 bits per heavy atom. The number of aryl methyl sites for hydroxylation is 3. The van der Waals surface area contributed by atoms with Crippen LogP contribution in [0, 0.1) is 20.8 Å². The van der Waals surface area contributed by atoms with Gasteiger partial charge < -0.3 is 0 Å². The number of benzene rings is 2. The molecule has 6 heteroatoms. The third-order valence-corrected chi connectivity index (χ3v) is 7.12. The van der Waals surface area contributed by atoms with Crippen molar-refractivity contribution in [3.05, 3.63) is 87.6 Å². The molecule has 0 unspecified atom stereocenters. The van der Waals surface area contributed by atoms with Crippen LogP contribution in [0.15, 0.2) is 66.0 Å². The Labute approximate surface area is 194 Å². The average molecular weight is 456 g/mol. The zero-order valence-corrected chi connectivity index (χ0v) is 19.6. The average Bonchev–Trinajstić information content (AvgIpc) is 3.42. The summed E-state index contributed by atoms with van der Waals surface area (Å²) < 4.78 is 0. The molecule has 0 spiro atoms. The molecule has 0 bridgehead atoms. The Kier molecular flexibility index (Phi) is 5.33. The molecule has 0 saturated carbocycles. The van der Waals surface area contributed by atoms with Crippen LogP contribution in [0.4, 0.5) is 5.13 Å². The summed E-state index contributed by atoms with van der Waals surface area (Å²) in [6, 6.07) is 20.0. The number of fused-ring (bicyclic) bond motifs is 1. The first-order valence-corrected chi connectivity index (χ1v) is 12.0. The number of rotatable bonds is 4. The van der Waals surface area contributed by atoms with E-state index in [1.165, 1.54) is 27.3 Å². The molecule has 3 aromatic heterocycles. The molecular formula is C26H21N3OS2. The van der Waals surface area contributed by atoms with E-state index in [1.807, 2.05) is 35.7 Å². The number of thiazole rings is 1. The number of carbonyl (C=O) groups is 1. The normalized spacial score (nSPS) is 11.1. The molecule has 0 aliphatic heterocycles. The predicted octanol–water partition coefficient (Wildman–Crippen LogP) is 7.26. The third kappa shape index (κ3) is 3.95. The number of nitrogens with zero attached hydrogens (tertiary/aromatic N) is 2. The highest BCUT2D eigenvalue weighted by atomic mass is 32.1. The van der Waals surface area contributed by atoms with Crippen LogP contribution < -0.4 is 5.32 Å². The Hall–Kier alpha value is -3.35. The maximum absolute atomic E-state index is 13.3. The fourth-order valence-electron chi connectivity index (χ4n) is 3.78. The number of hydrogen-bond donors (Lipinski definition) is 1. The molecule has 2 aromatic carbocycles. The van der Waals surface area contributed by atoms with Crippen molar-refractivity contribution in [3.8, 4) is 21.8 Å². The van der Waals surface area contributed by atoms with Crippen LogP contribution in [0.25, 0.3) is 32.7 Å². The highest BCUT2D eigenvalue weighted by Crippen LogP contribution is 2.31. The van der Waals surface area contributed by atoms with E-state index >= 15 is 0 Å². The zero-order chi connectivity index (χ0) is 22.2. The summed E-state index contributed by atoms with van der Waals surface area (Å²) in [4.78, 5) is 25.0. The number of para-hydroxylation sites is 1. The first-order valence-electron chi connectivity index (χ1n) is 10.3. The van der Waals surface area contributed by atoms with E-state index < -0.39 is 0 Å². The van der Waals surface area contributed by atoms with Gasteiger partial charge in [-0.25, -0.2) is 9.97 Å². The number of hydrogen-bond acceptors (Lipinski definition) is 5. The van der Waals surface area contributed by atoms with Gasteiger partial charge in [-0.15, -0.1) is 22.7 Å². The smallest absolute Gasteiger partial charge is 0.258 e. The number of aromatic nitrogens is 2.